The molecule has 0 aromatic carbocycles. The van der Waals surface area contributed by atoms with Crippen LogP contribution in [0.15, 0.2) is 0 Å². The molecular weight excluding hydrogens is 222 g/mol. The van der Waals surface area contributed by atoms with Gasteiger partial charge < -0.3 is 14.6 Å². The topological polar surface area (TPSA) is 59.0 Å². The Morgan fingerprint density at radius 3 is 2.88 bits per heavy atom. The van der Waals surface area contributed by atoms with Gasteiger partial charge in [0, 0.05) is 12.5 Å². The van der Waals surface area contributed by atoms with Crippen molar-refractivity contribution in [1.29, 1.82) is 0 Å². The molecule has 0 aromatic rings. The molecule has 0 spiro atoms. The van der Waals surface area contributed by atoms with Crippen molar-refractivity contribution in [3.05, 3.63) is 0 Å². The highest BCUT2D eigenvalue weighted by Crippen LogP contribution is 2.40. The van der Waals surface area contributed by atoms with Gasteiger partial charge in [-0.05, 0) is 27.2 Å². The molecule has 2 heterocycles. The lowest BCUT2D eigenvalue weighted by Crippen LogP contribution is -2.55. The van der Waals surface area contributed by atoms with Crippen molar-refractivity contribution >= 4 is 6.09 Å². The second-order valence-electron chi connectivity index (χ2n) is 5.89. The van der Waals surface area contributed by atoms with E-state index in [-0.39, 0.29) is 18.6 Å². The third kappa shape index (κ3) is 2.13. The van der Waals surface area contributed by atoms with E-state index in [0.29, 0.717) is 19.8 Å². The summed E-state index contributed by atoms with van der Waals surface area (Å²) in [6.07, 6.45) is 0.527. The minimum atomic E-state index is -0.553. The van der Waals surface area contributed by atoms with Gasteiger partial charge in [0.2, 0.25) is 0 Å². The van der Waals surface area contributed by atoms with Crippen LogP contribution in [0.5, 0.6) is 0 Å². The molecule has 2 rings (SSSR count). The van der Waals surface area contributed by atoms with Gasteiger partial charge in [0.1, 0.15) is 5.60 Å². The van der Waals surface area contributed by atoms with Gasteiger partial charge in [0.05, 0.1) is 25.4 Å². The zero-order valence-electron chi connectivity index (χ0n) is 10.7. The predicted molar refractivity (Wildman–Crippen MR) is 61.7 cm³/mol. The fourth-order valence-corrected chi connectivity index (χ4v) is 2.66. The summed E-state index contributed by atoms with van der Waals surface area (Å²) in [6, 6.07) is 0. The number of ether oxygens (including phenoxy) is 2. The first-order chi connectivity index (χ1) is 7.89. The van der Waals surface area contributed by atoms with E-state index in [9.17, 15) is 9.90 Å². The van der Waals surface area contributed by atoms with Crippen molar-refractivity contribution in [3.8, 4) is 0 Å². The SMILES string of the molecule is CC(C)(C)OC(=O)N1CCC2COCC21CO. The van der Waals surface area contributed by atoms with Gasteiger partial charge in [-0.2, -0.15) is 0 Å². The number of rotatable bonds is 1. The van der Waals surface area contributed by atoms with Crippen LogP contribution in [0.2, 0.25) is 0 Å². The number of carbonyl (C=O) groups excluding carboxylic acids is 1. The number of fused-ring (bicyclic) bond motifs is 1. The molecular formula is C12H21NO4. The van der Waals surface area contributed by atoms with Crippen LogP contribution < -0.4 is 0 Å². The maximum absolute atomic E-state index is 12.1. The summed E-state index contributed by atoms with van der Waals surface area (Å²) in [4.78, 5) is 13.8. The molecule has 0 aromatic heterocycles. The van der Waals surface area contributed by atoms with Crippen LogP contribution in [0.1, 0.15) is 27.2 Å². The van der Waals surface area contributed by atoms with Gasteiger partial charge in [0.25, 0.3) is 0 Å². The largest absolute Gasteiger partial charge is 0.444 e. The molecule has 2 aliphatic heterocycles. The lowest BCUT2D eigenvalue weighted by atomic mass is 9.89. The van der Waals surface area contributed by atoms with Crippen LogP contribution in [-0.4, -0.2) is 53.6 Å². The minimum Gasteiger partial charge on any atom is -0.444 e. The highest BCUT2D eigenvalue weighted by Gasteiger charge is 2.55. The molecule has 5 heteroatoms. The van der Waals surface area contributed by atoms with Gasteiger partial charge in [-0.15, -0.1) is 0 Å². The molecule has 5 nitrogen and oxygen atoms in total. The Bertz CT molecular complexity index is 312. The van der Waals surface area contributed by atoms with Gasteiger partial charge >= 0.3 is 6.09 Å². The fourth-order valence-electron chi connectivity index (χ4n) is 2.66. The first-order valence-electron chi connectivity index (χ1n) is 6.08. The number of likely N-dealkylation sites (tertiary alicyclic amines) is 1. The van der Waals surface area contributed by atoms with Gasteiger partial charge in [0.15, 0.2) is 0 Å². The second kappa shape index (κ2) is 4.14. The van der Waals surface area contributed by atoms with Crippen molar-refractivity contribution < 1.29 is 19.4 Å². The van der Waals surface area contributed by atoms with Gasteiger partial charge in [-0.1, -0.05) is 0 Å². The van der Waals surface area contributed by atoms with E-state index in [1.54, 1.807) is 4.90 Å². The Morgan fingerprint density at radius 2 is 2.29 bits per heavy atom. The summed E-state index contributed by atoms with van der Waals surface area (Å²) in [5, 5.41) is 9.62. The summed E-state index contributed by atoms with van der Waals surface area (Å²) < 4.78 is 10.8. The van der Waals surface area contributed by atoms with E-state index in [4.69, 9.17) is 9.47 Å². The van der Waals surface area contributed by atoms with Crippen LogP contribution >= 0.6 is 0 Å². The molecule has 2 unspecified atom stereocenters. The third-order valence-electron chi connectivity index (χ3n) is 3.56. The molecule has 2 aliphatic rings. The summed E-state index contributed by atoms with van der Waals surface area (Å²) in [7, 11) is 0. The zero-order valence-corrected chi connectivity index (χ0v) is 10.7. The monoisotopic (exact) mass is 243 g/mol. The first kappa shape index (κ1) is 12.6. The highest BCUT2D eigenvalue weighted by atomic mass is 16.6. The summed E-state index contributed by atoms with van der Waals surface area (Å²) >= 11 is 0. The second-order valence-corrected chi connectivity index (χ2v) is 5.89. The van der Waals surface area contributed by atoms with Crippen LogP contribution in [0.3, 0.4) is 0 Å². The molecule has 1 N–H and O–H groups in total. The average molecular weight is 243 g/mol. The number of nitrogens with zero attached hydrogens (tertiary/aromatic N) is 1. The normalized spacial score (nSPS) is 32.7. The van der Waals surface area contributed by atoms with Gasteiger partial charge in [-0.3, -0.25) is 4.90 Å². The zero-order chi connectivity index (χ0) is 12.7. The van der Waals surface area contributed by atoms with E-state index in [1.165, 1.54) is 0 Å². The molecule has 0 aliphatic carbocycles. The van der Waals surface area contributed by atoms with E-state index in [1.807, 2.05) is 20.8 Å². The Labute approximate surface area is 102 Å². The van der Waals surface area contributed by atoms with E-state index in [2.05, 4.69) is 0 Å². The molecule has 0 saturated carbocycles. The molecule has 2 saturated heterocycles. The Hall–Kier alpha value is -0.810. The molecule has 2 fully saturated rings. The number of hydrogen-bond donors (Lipinski definition) is 1. The van der Waals surface area contributed by atoms with Crippen LogP contribution in [0.25, 0.3) is 0 Å². The summed E-state index contributed by atoms with van der Waals surface area (Å²) in [6.45, 7) is 7.15. The lowest BCUT2D eigenvalue weighted by Gasteiger charge is -2.36. The Kier molecular flexibility index (Phi) is 3.08. The van der Waals surface area contributed by atoms with Crippen molar-refractivity contribution in [2.75, 3.05) is 26.4 Å². The average Bonchev–Trinajstić information content (AvgIpc) is 2.70. The standard InChI is InChI=1S/C12H21NO4/c1-11(2,3)17-10(15)13-5-4-9-6-16-8-12(9,13)7-14/h9,14H,4-8H2,1-3H3. The number of aliphatic hydroxyl groups excluding tert-OH is 1. The van der Waals surface area contributed by atoms with E-state index < -0.39 is 11.1 Å². The van der Waals surface area contributed by atoms with Crippen LogP contribution in [0, 0.1) is 5.92 Å². The Morgan fingerprint density at radius 1 is 1.59 bits per heavy atom. The molecule has 0 bridgehead atoms. The summed E-state index contributed by atoms with van der Waals surface area (Å²) in [5.41, 5.74) is -1.06. The molecule has 0 radical (unpaired) electrons. The van der Waals surface area contributed by atoms with Crippen molar-refractivity contribution in [1.82, 2.24) is 4.90 Å². The van der Waals surface area contributed by atoms with Crippen molar-refractivity contribution in [3.63, 3.8) is 0 Å². The molecule has 17 heavy (non-hydrogen) atoms. The maximum atomic E-state index is 12.1. The number of hydrogen-bond acceptors (Lipinski definition) is 4. The predicted octanol–water partition coefficient (Wildman–Crippen LogP) is 1.00. The summed E-state index contributed by atoms with van der Waals surface area (Å²) in [5.74, 6) is 0.236. The van der Waals surface area contributed by atoms with Crippen LogP contribution in [-0.2, 0) is 9.47 Å². The molecule has 98 valence electrons. The molecule has 1 amide bonds. The number of aliphatic hydroxyl groups is 1. The smallest absolute Gasteiger partial charge is 0.410 e. The highest BCUT2D eigenvalue weighted by molar-refractivity contribution is 5.70. The van der Waals surface area contributed by atoms with Crippen molar-refractivity contribution in [2.45, 2.75) is 38.3 Å². The number of amides is 1. The lowest BCUT2D eigenvalue weighted by molar-refractivity contribution is -0.0134. The quantitative estimate of drug-likeness (QED) is 0.746. The molecule has 2 atom stereocenters. The van der Waals surface area contributed by atoms with Gasteiger partial charge in [-0.25, -0.2) is 4.79 Å². The van der Waals surface area contributed by atoms with E-state index in [0.717, 1.165) is 6.42 Å². The van der Waals surface area contributed by atoms with E-state index >= 15 is 0 Å². The fraction of sp³-hybridized carbons (Fsp3) is 0.917. The number of carbonyl (C=O) groups is 1. The Balaban J connectivity index is 2.13. The third-order valence-corrected chi connectivity index (χ3v) is 3.56. The maximum Gasteiger partial charge on any atom is 0.410 e. The minimum absolute atomic E-state index is 0.0586. The van der Waals surface area contributed by atoms with Crippen molar-refractivity contribution in [2.24, 2.45) is 5.92 Å². The first-order valence-corrected chi connectivity index (χ1v) is 6.08. The van der Waals surface area contributed by atoms with Crippen LogP contribution in [0.4, 0.5) is 4.79 Å².